The maximum Gasteiger partial charge on any atom is 0.417 e. The first-order valence-electron chi connectivity index (χ1n) is 7.60. The molecular formula is C16H12F3N3O2. The van der Waals surface area contributed by atoms with Crippen molar-refractivity contribution in [2.75, 3.05) is 4.90 Å². The van der Waals surface area contributed by atoms with E-state index in [4.69, 9.17) is 5.26 Å². The molecule has 3 fully saturated rings. The number of alkyl halides is 3. The summed E-state index contributed by atoms with van der Waals surface area (Å²) in [6, 6.07) is 3.29. The highest BCUT2D eigenvalue weighted by atomic mass is 19.4. The van der Waals surface area contributed by atoms with Crippen molar-refractivity contribution < 1.29 is 22.8 Å². The second kappa shape index (κ2) is 4.72. The molecule has 3 aliphatic rings. The van der Waals surface area contributed by atoms with E-state index in [9.17, 15) is 22.8 Å². The molecule has 1 aromatic carbocycles. The molecule has 3 amide bonds. The summed E-state index contributed by atoms with van der Waals surface area (Å²) in [4.78, 5) is 27.5. The molecule has 124 valence electrons. The monoisotopic (exact) mass is 335 g/mol. The Bertz CT molecular complexity index is 771. The number of urea groups is 1. The van der Waals surface area contributed by atoms with Crippen LogP contribution >= 0.6 is 0 Å². The Balaban J connectivity index is 1.76. The van der Waals surface area contributed by atoms with Crippen LogP contribution in [0.4, 0.5) is 23.7 Å². The number of hydrogen-bond acceptors (Lipinski definition) is 3. The number of halogens is 3. The molecule has 1 unspecified atom stereocenters. The predicted octanol–water partition coefficient (Wildman–Crippen LogP) is 2.90. The number of carbonyl (C=O) groups is 2. The summed E-state index contributed by atoms with van der Waals surface area (Å²) in [5.74, 6) is -0.373. The minimum absolute atomic E-state index is 0.00178. The molecule has 0 radical (unpaired) electrons. The van der Waals surface area contributed by atoms with Crippen LogP contribution in [0, 0.1) is 17.2 Å². The zero-order valence-corrected chi connectivity index (χ0v) is 12.4. The molecule has 3 atom stereocenters. The van der Waals surface area contributed by atoms with Gasteiger partial charge < -0.3 is 4.90 Å². The number of amides is 3. The zero-order valence-electron chi connectivity index (χ0n) is 12.4. The number of fused-ring (bicyclic) bond motifs is 5. The second-order valence-corrected chi connectivity index (χ2v) is 6.37. The van der Waals surface area contributed by atoms with Crippen molar-refractivity contribution in [3.05, 3.63) is 29.3 Å². The third-order valence-corrected chi connectivity index (χ3v) is 5.16. The number of benzene rings is 1. The maximum atomic E-state index is 13.1. The average molecular weight is 335 g/mol. The molecule has 4 rings (SSSR count). The SMILES string of the molecule is N#Cc1ccc(N2C(=O)C3[C@@H]4CC[C@@H](C4)N3C2=O)cc1C(F)(F)F. The number of rotatable bonds is 1. The van der Waals surface area contributed by atoms with Crippen LogP contribution in [-0.4, -0.2) is 28.9 Å². The van der Waals surface area contributed by atoms with Gasteiger partial charge in [0.05, 0.1) is 22.9 Å². The maximum absolute atomic E-state index is 13.1. The molecule has 2 aliphatic heterocycles. The van der Waals surface area contributed by atoms with E-state index in [2.05, 4.69) is 0 Å². The van der Waals surface area contributed by atoms with Crippen LogP contribution < -0.4 is 4.90 Å². The van der Waals surface area contributed by atoms with Gasteiger partial charge >= 0.3 is 12.2 Å². The Morgan fingerprint density at radius 1 is 1.21 bits per heavy atom. The first-order valence-corrected chi connectivity index (χ1v) is 7.60. The third kappa shape index (κ3) is 1.87. The molecular weight excluding hydrogens is 323 g/mol. The molecule has 8 heteroatoms. The summed E-state index contributed by atoms with van der Waals surface area (Å²) in [6.07, 6.45) is -2.26. The Morgan fingerprint density at radius 3 is 2.58 bits per heavy atom. The molecule has 5 nitrogen and oxygen atoms in total. The first kappa shape index (κ1) is 15.0. The smallest absolute Gasteiger partial charge is 0.309 e. The van der Waals surface area contributed by atoms with Crippen molar-refractivity contribution in [3.8, 4) is 6.07 Å². The molecule has 1 saturated carbocycles. The van der Waals surface area contributed by atoms with Crippen LogP contribution in [-0.2, 0) is 11.0 Å². The van der Waals surface area contributed by atoms with Gasteiger partial charge in [0.25, 0.3) is 5.91 Å². The highest BCUT2D eigenvalue weighted by molar-refractivity contribution is 6.22. The molecule has 2 bridgehead atoms. The number of piperidine rings is 1. The minimum atomic E-state index is -4.73. The molecule has 1 aliphatic carbocycles. The van der Waals surface area contributed by atoms with E-state index >= 15 is 0 Å². The van der Waals surface area contributed by atoms with E-state index in [1.807, 2.05) is 0 Å². The third-order valence-electron chi connectivity index (χ3n) is 5.16. The largest absolute Gasteiger partial charge is 0.417 e. The highest BCUT2D eigenvalue weighted by Crippen LogP contribution is 2.47. The zero-order chi connectivity index (χ0) is 17.2. The van der Waals surface area contributed by atoms with Gasteiger partial charge in [-0.1, -0.05) is 0 Å². The van der Waals surface area contributed by atoms with Crippen molar-refractivity contribution in [2.24, 2.45) is 5.92 Å². The fourth-order valence-electron chi connectivity index (χ4n) is 4.16. The summed E-state index contributed by atoms with van der Waals surface area (Å²) >= 11 is 0. The molecule has 24 heavy (non-hydrogen) atoms. The van der Waals surface area contributed by atoms with Crippen molar-refractivity contribution >= 4 is 17.6 Å². The molecule has 1 aromatic rings. The van der Waals surface area contributed by atoms with Crippen LogP contribution in [0.2, 0.25) is 0 Å². The quantitative estimate of drug-likeness (QED) is 0.741. The van der Waals surface area contributed by atoms with Gasteiger partial charge in [-0.2, -0.15) is 18.4 Å². The number of nitriles is 1. The Labute approximate surface area is 135 Å². The van der Waals surface area contributed by atoms with Gasteiger partial charge in [-0.15, -0.1) is 0 Å². The average Bonchev–Trinajstić information content (AvgIpc) is 3.20. The van der Waals surface area contributed by atoms with Crippen LogP contribution in [0.15, 0.2) is 18.2 Å². The van der Waals surface area contributed by atoms with Crippen LogP contribution in [0.3, 0.4) is 0 Å². The second-order valence-electron chi connectivity index (χ2n) is 6.37. The van der Waals surface area contributed by atoms with E-state index in [1.165, 1.54) is 17.0 Å². The molecule has 0 N–H and O–H groups in total. The van der Waals surface area contributed by atoms with E-state index < -0.39 is 35.3 Å². The van der Waals surface area contributed by atoms with Crippen molar-refractivity contribution in [2.45, 2.75) is 37.5 Å². The number of hydrogen-bond donors (Lipinski definition) is 0. The lowest BCUT2D eigenvalue weighted by molar-refractivity contribution is -0.137. The molecule has 0 aromatic heterocycles. The van der Waals surface area contributed by atoms with Crippen molar-refractivity contribution in [3.63, 3.8) is 0 Å². The summed E-state index contributed by atoms with van der Waals surface area (Å²) in [5.41, 5.74) is -1.81. The van der Waals surface area contributed by atoms with Gasteiger partial charge in [-0.05, 0) is 43.4 Å². The summed E-state index contributed by atoms with van der Waals surface area (Å²) < 4.78 is 39.3. The first-order chi connectivity index (χ1) is 11.3. The van der Waals surface area contributed by atoms with E-state index in [0.717, 1.165) is 30.2 Å². The van der Waals surface area contributed by atoms with Gasteiger partial charge in [0.2, 0.25) is 0 Å². The minimum Gasteiger partial charge on any atom is -0.309 e. The fourth-order valence-corrected chi connectivity index (χ4v) is 4.16. The van der Waals surface area contributed by atoms with Gasteiger partial charge in [0, 0.05) is 6.04 Å². The number of carbonyl (C=O) groups excluding carboxylic acids is 2. The molecule has 2 heterocycles. The van der Waals surface area contributed by atoms with Crippen LogP contribution in [0.25, 0.3) is 0 Å². The van der Waals surface area contributed by atoms with Crippen LogP contribution in [0.5, 0.6) is 0 Å². The number of nitrogens with zero attached hydrogens (tertiary/aromatic N) is 3. The molecule has 2 saturated heterocycles. The van der Waals surface area contributed by atoms with Crippen LogP contribution in [0.1, 0.15) is 30.4 Å². The van der Waals surface area contributed by atoms with Gasteiger partial charge in [-0.3, -0.25) is 4.79 Å². The van der Waals surface area contributed by atoms with E-state index in [0.29, 0.717) is 6.07 Å². The summed E-state index contributed by atoms with van der Waals surface area (Å²) in [7, 11) is 0. The standard InChI is InChI=1S/C16H12F3N3O2/c17-16(18,19)12-6-11(4-2-9(12)7-20)22-14(23)13-8-1-3-10(5-8)21(13)15(22)24/h2,4,6,8,10,13H,1,3,5H2/t8-,10+,13?/m1/s1. The van der Waals surface area contributed by atoms with E-state index in [-0.39, 0.29) is 17.6 Å². The Morgan fingerprint density at radius 2 is 1.96 bits per heavy atom. The lowest BCUT2D eigenvalue weighted by atomic mass is 9.99. The van der Waals surface area contributed by atoms with Gasteiger partial charge in [-0.25, -0.2) is 9.69 Å². The van der Waals surface area contributed by atoms with Crippen molar-refractivity contribution in [1.29, 1.82) is 5.26 Å². The highest BCUT2D eigenvalue weighted by Gasteiger charge is 2.59. The Kier molecular flexibility index (Phi) is 2.95. The lowest BCUT2D eigenvalue weighted by Crippen LogP contribution is -2.40. The number of imide groups is 1. The number of anilines is 1. The van der Waals surface area contributed by atoms with Gasteiger partial charge in [0.15, 0.2) is 0 Å². The van der Waals surface area contributed by atoms with E-state index in [1.54, 1.807) is 0 Å². The fraction of sp³-hybridized carbons (Fsp3) is 0.438. The normalized spacial score (nSPS) is 28.5. The summed E-state index contributed by atoms with van der Waals surface area (Å²) in [5, 5.41) is 8.85. The predicted molar refractivity (Wildman–Crippen MR) is 75.8 cm³/mol. The lowest BCUT2D eigenvalue weighted by Gasteiger charge is -2.25. The van der Waals surface area contributed by atoms with Gasteiger partial charge in [0.1, 0.15) is 6.04 Å². The topological polar surface area (TPSA) is 64.4 Å². The Hall–Kier alpha value is -2.56. The summed E-state index contributed by atoms with van der Waals surface area (Å²) in [6.45, 7) is 0. The molecule has 0 spiro atoms. The van der Waals surface area contributed by atoms with Crippen molar-refractivity contribution in [1.82, 2.24) is 4.90 Å².